The van der Waals surface area contributed by atoms with Gasteiger partial charge in [0.2, 0.25) is 19.9 Å². The van der Waals surface area contributed by atoms with Gasteiger partial charge in [-0.05, 0) is 30.7 Å². The molecular formula is C13H20F2N2O4S2. The monoisotopic (exact) mass is 370 g/mol. The summed E-state index contributed by atoms with van der Waals surface area (Å²) in [5.41, 5.74) is 0.570. The van der Waals surface area contributed by atoms with Crippen molar-refractivity contribution in [1.29, 1.82) is 0 Å². The molecule has 0 aromatic heterocycles. The number of hydrogen-bond donors (Lipinski definition) is 1. The summed E-state index contributed by atoms with van der Waals surface area (Å²) in [6.07, 6.45) is 1.70. The van der Waals surface area contributed by atoms with Crippen molar-refractivity contribution in [1.82, 2.24) is 4.31 Å². The number of nitrogens with one attached hydrogen (secondary N) is 1. The number of alkyl halides is 2. The predicted octanol–water partition coefficient (Wildman–Crippen LogP) is 1.77. The maximum atomic E-state index is 12.4. The third-order valence-electron chi connectivity index (χ3n) is 3.15. The van der Waals surface area contributed by atoms with E-state index < -0.39 is 30.5 Å². The van der Waals surface area contributed by atoms with E-state index in [4.69, 9.17) is 0 Å². The van der Waals surface area contributed by atoms with Crippen molar-refractivity contribution >= 4 is 25.5 Å². The molecule has 23 heavy (non-hydrogen) atoms. The van der Waals surface area contributed by atoms with Crippen molar-refractivity contribution in [3.63, 3.8) is 0 Å². The molecule has 0 bridgehead atoms. The van der Waals surface area contributed by atoms with Gasteiger partial charge in [0.1, 0.15) is 0 Å². The molecule has 0 amide bonds. The summed E-state index contributed by atoms with van der Waals surface area (Å²) in [7, 11) is -7.81. The van der Waals surface area contributed by atoms with E-state index >= 15 is 0 Å². The summed E-state index contributed by atoms with van der Waals surface area (Å²) in [6, 6.07) is 5.00. The van der Waals surface area contributed by atoms with Crippen LogP contribution in [0, 0.1) is 0 Å². The number of nitrogens with zero attached hydrogens (tertiary/aromatic N) is 1. The van der Waals surface area contributed by atoms with Gasteiger partial charge in [-0.2, -0.15) is 8.78 Å². The zero-order valence-corrected chi connectivity index (χ0v) is 14.5. The molecule has 1 N–H and O–H groups in total. The lowest BCUT2D eigenvalue weighted by molar-refractivity contribution is 0.234. The Morgan fingerprint density at radius 3 is 2.13 bits per heavy atom. The molecule has 0 radical (unpaired) electrons. The van der Waals surface area contributed by atoms with Crippen LogP contribution in [0.4, 0.5) is 14.5 Å². The highest BCUT2D eigenvalue weighted by Crippen LogP contribution is 2.20. The van der Waals surface area contributed by atoms with E-state index in [1.165, 1.54) is 16.4 Å². The van der Waals surface area contributed by atoms with Crippen molar-refractivity contribution in [2.45, 2.75) is 24.0 Å². The summed E-state index contributed by atoms with van der Waals surface area (Å²) in [4.78, 5) is -0.438. The van der Waals surface area contributed by atoms with Crippen LogP contribution in [0.2, 0.25) is 0 Å². The SMILES string of the molecule is CCN(CCCNc1ccc(S(=O)(=O)C(F)F)cc1)S(C)(=O)=O. The molecule has 0 spiro atoms. The lowest BCUT2D eigenvalue weighted by Gasteiger charge is -2.17. The van der Waals surface area contributed by atoms with Crippen molar-refractivity contribution < 1.29 is 25.6 Å². The van der Waals surface area contributed by atoms with Gasteiger partial charge in [-0.3, -0.25) is 0 Å². The van der Waals surface area contributed by atoms with Gasteiger partial charge in [-0.1, -0.05) is 6.92 Å². The van der Waals surface area contributed by atoms with E-state index in [2.05, 4.69) is 5.32 Å². The molecule has 1 rings (SSSR count). The van der Waals surface area contributed by atoms with Crippen molar-refractivity contribution in [2.24, 2.45) is 0 Å². The second kappa shape index (κ2) is 8.02. The van der Waals surface area contributed by atoms with Crippen molar-refractivity contribution in [3.05, 3.63) is 24.3 Å². The maximum Gasteiger partial charge on any atom is 0.341 e. The predicted molar refractivity (Wildman–Crippen MR) is 84.8 cm³/mol. The third-order valence-corrected chi connectivity index (χ3v) is 5.93. The number of anilines is 1. The molecule has 0 saturated carbocycles. The van der Waals surface area contributed by atoms with Crippen LogP contribution in [-0.4, -0.2) is 52.8 Å². The summed E-state index contributed by atoms with van der Waals surface area (Å²) in [6.45, 7) is 2.96. The fourth-order valence-corrected chi connectivity index (χ4v) is 3.56. The standard InChI is InChI=1S/C13H20F2N2O4S2/c1-3-17(22(2,18)19)10-4-9-16-11-5-7-12(8-6-11)23(20,21)13(14)15/h5-8,13,16H,3-4,9-10H2,1-2H3. The molecule has 0 aliphatic heterocycles. The number of sulfone groups is 1. The van der Waals surface area contributed by atoms with Gasteiger partial charge in [0.25, 0.3) is 0 Å². The van der Waals surface area contributed by atoms with Crippen molar-refractivity contribution in [2.75, 3.05) is 31.2 Å². The Balaban J connectivity index is 2.55. The van der Waals surface area contributed by atoms with Crippen molar-refractivity contribution in [3.8, 4) is 0 Å². The largest absolute Gasteiger partial charge is 0.385 e. The van der Waals surface area contributed by atoms with Gasteiger partial charge in [0.05, 0.1) is 11.2 Å². The van der Waals surface area contributed by atoms with Crippen LogP contribution in [-0.2, 0) is 19.9 Å². The molecule has 132 valence electrons. The second-order valence-corrected chi connectivity index (χ2v) is 8.77. The Hall–Kier alpha value is -1.26. The number of halogens is 2. The van der Waals surface area contributed by atoms with Crippen LogP contribution in [0.5, 0.6) is 0 Å². The van der Waals surface area contributed by atoms with Crippen LogP contribution in [0.3, 0.4) is 0 Å². The Bertz CT molecular complexity index is 704. The summed E-state index contributed by atoms with van der Waals surface area (Å²) in [5, 5.41) is 2.98. The molecule has 0 fully saturated rings. The van der Waals surface area contributed by atoms with Crippen LogP contribution in [0.1, 0.15) is 13.3 Å². The highest BCUT2D eigenvalue weighted by Gasteiger charge is 2.26. The molecule has 0 saturated heterocycles. The fourth-order valence-electron chi connectivity index (χ4n) is 1.91. The van der Waals surface area contributed by atoms with Gasteiger partial charge in [-0.15, -0.1) is 0 Å². The maximum absolute atomic E-state index is 12.4. The van der Waals surface area contributed by atoms with Gasteiger partial charge in [0.15, 0.2) is 0 Å². The average Bonchev–Trinajstić information content (AvgIpc) is 2.46. The topological polar surface area (TPSA) is 83.6 Å². The molecule has 6 nitrogen and oxygen atoms in total. The van der Waals surface area contributed by atoms with Crippen LogP contribution < -0.4 is 5.32 Å². The van der Waals surface area contributed by atoms with Gasteiger partial charge < -0.3 is 5.32 Å². The highest BCUT2D eigenvalue weighted by atomic mass is 32.2. The minimum Gasteiger partial charge on any atom is -0.385 e. The van der Waals surface area contributed by atoms with Crippen LogP contribution >= 0.6 is 0 Å². The number of sulfonamides is 1. The molecule has 0 unspecified atom stereocenters. The number of rotatable bonds is 9. The fraction of sp³-hybridized carbons (Fsp3) is 0.538. The summed E-state index contributed by atoms with van der Waals surface area (Å²) < 4.78 is 71.5. The van der Waals surface area contributed by atoms with E-state index in [9.17, 15) is 25.6 Å². The lowest BCUT2D eigenvalue weighted by atomic mass is 10.3. The number of benzene rings is 1. The smallest absolute Gasteiger partial charge is 0.341 e. The van der Waals surface area contributed by atoms with Crippen LogP contribution in [0.15, 0.2) is 29.2 Å². The normalized spacial score (nSPS) is 12.8. The Labute approximate surface area is 135 Å². The molecule has 0 aliphatic carbocycles. The zero-order chi connectivity index (χ0) is 17.7. The molecule has 1 aromatic rings. The molecule has 0 aliphatic rings. The minimum absolute atomic E-state index is 0.361. The van der Waals surface area contributed by atoms with E-state index in [-0.39, 0.29) is 0 Å². The highest BCUT2D eigenvalue weighted by molar-refractivity contribution is 7.91. The molecule has 0 atom stereocenters. The first kappa shape index (κ1) is 19.8. The lowest BCUT2D eigenvalue weighted by Crippen LogP contribution is -2.31. The summed E-state index contributed by atoms with van der Waals surface area (Å²) >= 11 is 0. The van der Waals surface area contributed by atoms with E-state index in [1.54, 1.807) is 6.92 Å². The Kier molecular flexibility index (Phi) is 6.90. The first-order chi connectivity index (χ1) is 10.6. The van der Waals surface area contributed by atoms with E-state index in [0.717, 1.165) is 18.4 Å². The minimum atomic E-state index is -4.58. The third kappa shape index (κ3) is 5.70. The van der Waals surface area contributed by atoms with E-state index in [1.807, 2.05) is 0 Å². The van der Waals surface area contributed by atoms with Crippen LogP contribution in [0.25, 0.3) is 0 Å². The van der Waals surface area contributed by atoms with Gasteiger partial charge in [-0.25, -0.2) is 21.1 Å². The molecule has 10 heteroatoms. The zero-order valence-electron chi connectivity index (χ0n) is 12.9. The molecule has 1 aromatic carbocycles. The first-order valence-corrected chi connectivity index (χ1v) is 10.3. The Morgan fingerprint density at radius 1 is 1.13 bits per heavy atom. The number of hydrogen-bond acceptors (Lipinski definition) is 5. The van der Waals surface area contributed by atoms with Gasteiger partial charge in [0, 0.05) is 25.3 Å². The van der Waals surface area contributed by atoms with E-state index in [0.29, 0.717) is 31.7 Å². The quantitative estimate of drug-likeness (QED) is 0.670. The second-order valence-electron chi connectivity index (χ2n) is 4.87. The first-order valence-electron chi connectivity index (χ1n) is 6.90. The summed E-state index contributed by atoms with van der Waals surface area (Å²) in [5.74, 6) is -3.45. The molecular weight excluding hydrogens is 350 g/mol. The molecule has 0 heterocycles. The Morgan fingerprint density at radius 2 is 1.70 bits per heavy atom. The average molecular weight is 370 g/mol. The van der Waals surface area contributed by atoms with Gasteiger partial charge >= 0.3 is 5.76 Å².